The van der Waals surface area contributed by atoms with Crippen molar-refractivity contribution in [3.63, 3.8) is 0 Å². The molecule has 1 heterocycles. The van der Waals surface area contributed by atoms with E-state index in [-0.39, 0.29) is 0 Å². The fourth-order valence-electron chi connectivity index (χ4n) is 2.05. The van der Waals surface area contributed by atoms with Gasteiger partial charge in [0.05, 0.1) is 5.69 Å². The van der Waals surface area contributed by atoms with Crippen LogP contribution < -0.4 is 4.90 Å². The molecular formula is C12H14INO. The maximum atomic E-state index is 11.3. The number of rotatable bonds is 1. The lowest BCUT2D eigenvalue weighted by molar-refractivity contribution is -0.120. The summed E-state index contributed by atoms with van der Waals surface area (Å²) in [5, 5.41) is 0. The molecular weight excluding hydrogens is 301 g/mol. The van der Waals surface area contributed by atoms with E-state index in [4.69, 9.17) is 0 Å². The van der Waals surface area contributed by atoms with Crippen molar-refractivity contribution in [2.24, 2.45) is 0 Å². The number of hydrogen-bond acceptors (Lipinski definition) is 2. The van der Waals surface area contributed by atoms with Crippen LogP contribution in [0.25, 0.3) is 0 Å². The monoisotopic (exact) mass is 315 g/mol. The van der Waals surface area contributed by atoms with Crippen LogP contribution in [-0.4, -0.2) is 18.4 Å². The average Bonchev–Trinajstić information content (AvgIpc) is 2.20. The minimum atomic E-state index is 0.335. The molecule has 2 nitrogen and oxygen atoms in total. The fraction of sp³-hybridized carbons (Fsp3) is 0.417. The van der Waals surface area contributed by atoms with Gasteiger partial charge in [-0.1, -0.05) is 12.1 Å². The van der Waals surface area contributed by atoms with Crippen LogP contribution in [0.5, 0.6) is 0 Å². The Bertz CT molecular complexity index is 378. The minimum absolute atomic E-state index is 0.335. The molecule has 0 spiro atoms. The summed E-state index contributed by atoms with van der Waals surface area (Å²) in [6.07, 6.45) is 1.38. The number of hydrogen-bond donors (Lipinski definition) is 0. The number of ketones is 1. The third kappa shape index (κ3) is 2.33. The van der Waals surface area contributed by atoms with Crippen molar-refractivity contribution in [1.82, 2.24) is 0 Å². The van der Waals surface area contributed by atoms with Gasteiger partial charge in [0.25, 0.3) is 0 Å². The number of anilines is 1. The van der Waals surface area contributed by atoms with Crippen molar-refractivity contribution < 1.29 is 4.79 Å². The molecule has 0 aromatic heterocycles. The number of carbonyl (C=O) groups excluding carboxylic acids is 1. The van der Waals surface area contributed by atoms with Crippen molar-refractivity contribution in [3.05, 3.63) is 27.8 Å². The highest BCUT2D eigenvalue weighted by atomic mass is 127. The second kappa shape index (κ2) is 4.51. The molecule has 0 amide bonds. The lowest BCUT2D eigenvalue weighted by Gasteiger charge is -2.35. The summed E-state index contributed by atoms with van der Waals surface area (Å²) in [6.45, 7) is 2.99. The highest BCUT2D eigenvalue weighted by Crippen LogP contribution is 2.27. The van der Waals surface area contributed by atoms with Crippen LogP contribution in [-0.2, 0) is 4.79 Å². The number of piperidine rings is 1. The molecule has 1 unspecified atom stereocenters. The Morgan fingerprint density at radius 3 is 2.80 bits per heavy atom. The van der Waals surface area contributed by atoms with Gasteiger partial charge in [-0.15, -0.1) is 0 Å². The van der Waals surface area contributed by atoms with E-state index in [9.17, 15) is 4.79 Å². The van der Waals surface area contributed by atoms with E-state index in [1.54, 1.807) is 0 Å². The minimum Gasteiger partial charge on any atom is -0.367 e. The molecule has 1 aliphatic heterocycles. The number of nitrogens with zero attached hydrogens (tertiary/aromatic N) is 1. The van der Waals surface area contributed by atoms with Gasteiger partial charge < -0.3 is 4.90 Å². The van der Waals surface area contributed by atoms with E-state index in [0.29, 0.717) is 24.7 Å². The SMILES string of the molecule is CC1CC(=O)CCN1c1ccccc1I. The summed E-state index contributed by atoms with van der Waals surface area (Å²) in [5.74, 6) is 0.393. The summed E-state index contributed by atoms with van der Waals surface area (Å²) in [6, 6.07) is 8.68. The second-order valence-electron chi connectivity index (χ2n) is 3.99. The molecule has 2 rings (SSSR count). The summed E-state index contributed by atoms with van der Waals surface area (Å²) in [4.78, 5) is 13.6. The van der Waals surface area contributed by atoms with Gasteiger partial charge in [0.1, 0.15) is 5.78 Å². The Morgan fingerprint density at radius 2 is 2.13 bits per heavy atom. The lowest BCUT2D eigenvalue weighted by atomic mass is 10.0. The zero-order chi connectivity index (χ0) is 10.8. The molecule has 0 saturated carbocycles. The van der Waals surface area contributed by atoms with Gasteiger partial charge in [-0.3, -0.25) is 4.79 Å². The van der Waals surface area contributed by atoms with Crippen LogP contribution in [0, 0.1) is 3.57 Å². The van der Waals surface area contributed by atoms with E-state index in [2.05, 4.69) is 52.6 Å². The largest absolute Gasteiger partial charge is 0.367 e. The lowest BCUT2D eigenvalue weighted by Crippen LogP contribution is -2.41. The molecule has 15 heavy (non-hydrogen) atoms. The van der Waals surface area contributed by atoms with Gasteiger partial charge >= 0.3 is 0 Å². The molecule has 1 fully saturated rings. The molecule has 0 aliphatic carbocycles. The van der Waals surface area contributed by atoms with E-state index >= 15 is 0 Å². The highest BCUT2D eigenvalue weighted by Gasteiger charge is 2.24. The summed E-state index contributed by atoms with van der Waals surface area (Å²) < 4.78 is 1.26. The normalized spacial score (nSPS) is 21.9. The number of benzene rings is 1. The first kappa shape index (κ1) is 10.9. The number of para-hydroxylation sites is 1. The Kier molecular flexibility index (Phi) is 3.29. The zero-order valence-electron chi connectivity index (χ0n) is 8.74. The predicted molar refractivity (Wildman–Crippen MR) is 70.2 cm³/mol. The van der Waals surface area contributed by atoms with E-state index in [1.807, 2.05) is 6.07 Å². The Hall–Kier alpha value is -0.580. The molecule has 0 bridgehead atoms. The molecule has 1 saturated heterocycles. The van der Waals surface area contributed by atoms with E-state index in [0.717, 1.165) is 6.54 Å². The van der Waals surface area contributed by atoms with Gasteiger partial charge in [-0.05, 0) is 41.6 Å². The van der Waals surface area contributed by atoms with Crippen molar-refractivity contribution in [2.45, 2.75) is 25.8 Å². The fourth-order valence-corrected chi connectivity index (χ4v) is 2.75. The van der Waals surface area contributed by atoms with Crippen LogP contribution in [0.1, 0.15) is 19.8 Å². The summed E-state index contributed by atoms with van der Waals surface area (Å²) >= 11 is 2.35. The van der Waals surface area contributed by atoms with Gasteiger partial charge in [-0.25, -0.2) is 0 Å². The van der Waals surface area contributed by atoms with Gasteiger partial charge in [0.15, 0.2) is 0 Å². The molecule has 1 aliphatic rings. The van der Waals surface area contributed by atoms with E-state index < -0.39 is 0 Å². The maximum absolute atomic E-state index is 11.3. The van der Waals surface area contributed by atoms with Crippen LogP contribution in [0.3, 0.4) is 0 Å². The van der Waals surface area contributed by atoms with Gasteiger partial charge in [0.2, 0.25) is 0 Å². The van der Waals surface area contributed by atoms with Crippen LogP contribution in [0.2, 0.25) is 0 Å². The van der Waals surface area contributed by atoms with Crippen molar-refractivity contribution in [2.75, 3.05) is 11.4 Å². The topological polar surface area (TPSA) is 20.3 Å². The van der Waals surface area contributed by atoms with Crippen LogP contribution in [0.15, 0.2) is 24.3 Å². The van der Waals surface area contributed by atoms with Crippen LogP contribution >= 0.6 is 22.6 Å². The predicted octanol–water partition coefficient (Wildman–Crippen LogP) is 2.85. The molecule has 0 N–H and O–H groups in total. The zero-order valence-corrected chi connectivity index (χ0v) is 10.9. The van der Waals surface area contributed by atoms with Crippen molar-refractivity contribution >= 4 is 34.1 Å². The molecule has 1 aromatic rings. The first-order valence-corrected chi connectivity index (χ1v) is 6.29. The molecule has 3 heteroatoms. The Labute approximate surface area is 104 Å². The number of carbonyl (C=O) groups is 1. The third-order valence-corrected chi connectivity index (χ3v) is 3.76. The number of Topliss-reactive ketones (excluding diaryl/α,β-unsaturated/α-hetero) is 1. The molecule has 1 atom stereocenters. The molecule has 1 aromatic carbocycles. The standard InChI is InChI=1S/C12H14INO/c1-9-8-10(15)6-7-14(9)12-5-3-2-4-11(12)13/h2-5,9H,6-8H2,1H3. The van der Waals surface area contributed by atoms with Crippen LogP contribution in [0.4, 0.5) is 5.69 Å². The maximum Gasteiger partial charge on any atom is 0.136 e. The molecule has 0 radical (unpaired) electrons. The third-order valence-electron chi connectivity index (χ3n) is 2.85. The quantitative estimate of drug-likeness (QED) is 0.743. The summed E-state index contributed by atoms with van der Waals surface area (Å²) in [5.41, 5.74) is 1.26. The molecule has 80 valence electrons. The average molecular weight is 315 g/mol. The Morgan fingerprint density at radius 1 is 1.40 bits per heavy atom. The number of halogens is 1. The smallest absolute Gasteiger partial charge is 0.136 e. The van der Waals surface area contributed by atoms with Gasteiger partial charge in [0, 0.05) is 29.0 Å². The van der Waals surface area contributed by atoms with E-state index in [1.165, 1.54) is 9.26 Å². The highest BCUT2D eigenvalue weighted by molar-refractivity contribution is 14.1. The first-order chi connectivity index (χ1) is 7.18. The second-order valence-corrected chi connectivity index (χ2v) is 5.15. The summed E-state index contributed by atoms with van der Waals surface area (Å²) in [7, 11) is 0. The Balaban J connectivity index is 2.24. The van der Waals surface area contributed by atoms with Crippen molar-refractivity contribution in [1.29, 1.82) is 0 Å². The van der Waals surface area contributed by atoms with Gasteiger partial charge in [-0.2, -0.15) is 0 Å². The van der Waals surface area contributed by atoms with Crippen molar-refractivity contribution in [3.8, 4) is 0 Å². The first-order valence-electron chi connectivity index (χ1n) is 5.21.